The van der Waals surface area contributed by atoms with Crippen molar-refractivity contribution in [1.82, 2.24) is 39.7 Å². The smallest absolute Gasteiger partial charge is 0.322 e. The predicted molar refractivity (Wildman–Crippen MR) is 120 cm³/mol. The zero-order valence-electron chi connectivity index (χ0n) is 18.3. The van der Waals surface area contributed by atoms with E-state index in [4.69, 9.17) is 9.72 Å². The molecule has 10 heteroatoms. The van der Waals surface area contributed by atoms with E-state index in [0.717, 1.165) is 48.4 Å². The fourth-order valence-electron chi connectivity index (χ4n) is 3.90. The molecule has 2 N–H and O–H groups in total. The van der Waals surface area contributed by atoms with Gasteiger partial charge in [0, 0.05) is 12.1 Å². The van der Waals surface area contributed by atoms with E-state index in [1.807, 2.05) is 24.4 Å². The highest BCUT2D eigenvalue weighted by Crippen LogP contribution is 2.24. The number of aromatic nitrogens is 7. The highest BCUT2D eigenvalue weighted by Gasteiger charge is 2.20. The summed E-state index contributed by atoms with van der Waals surface area (Å²) in [6.45, 7) is 6.69. The van der Waals surface area contributed by atoms with Gasteiger partial charge in [0.25, 0.3) is 0 Å². The zero-order valence-corrected chi connectivity index (χ0v) is 18.3. The van der Waals surface area contributed by atoms with E-state index in [0.29, 0.717) is 18.5 Å². The molecule has 0 radical (unpaired) electrons. The predicted octanol–water partition coefficient (Wildman–Crippen LogP) is 2.57. The molecule has 1 aliphatic rings. The molecule has 1 saturated heterocycles. The van der Waals surface area contributed by atoms with E-state index in [1.54, 1.807) is 15.5 Å². The number of nitrogens with zero attached hydrogens (tertiary/aromatic N) is 7. The molecule has 1 fully saturated rings. The molecule has 3 aromatic heterocycles. The Bertz CT molecular complexity index is 1180. The van der Waals surface area contributed by atoms with E-state index in [1.165, 1.54) is 6.33 Å². The molecule has 4 aromatic rings. The molecule has 166 valence electrons. The number of nitrogens with one attached hydrogen (secondary N) is 2. The number of rotatable bonds is 7. The second-order valence-corrected chi connectivity index (χ2v) is 8.21. The van der Waals surface area contributed by atoms with Crippen LogP contribution in [0.4, 0.5) is 5.95 Å². The second-order valence-electron chi connectivity index (χ2n) is 8.21. The largest absolute Gasteiger partial charge is 0.460 e. The molecule has 32 heavy (non-hydrogen) atoms. The number of hydrogen-bond donors (Lipinski definition) is 2. The molecule has 1 aromatic carbocycles. The van der Waals surface area contributed by atoms with Crippen LogP contribution < -0.4 is 15.4 Å². The van der Waals surface area contributed by atoms with Crippen molar-refractivity contribution in [2.24, 2.45) is 0 Å². The van der Waals surface area contributed by atoms with Crippen molar-refractivity contribution < 1.29 is 4.74 Å². The summed E-state index contributed by atoms with van der Waals surface area (Å²) in [7, 11) is 0. The third-order valence-corrected chi connectivity index (χ3v) is 5.65. The van der Waals surface area contributed by atoms with Gasteiger partial charge in [-0.25, -0.2) is 9.67 Å². The summed E-state index contributed by atoms with van der Waals surface area (Å²) in [6.07, 6.45) is 7.08. The highest BCUT2D eigenvalue weighted by atomic mass is 16.5. The number of anilines is 1. The van der Waals surface area contributed by atoms with Crippen LogP contribution in [-0.2, 0) is 6.54 Å². The molecule has 0 atom stereocenters. The van der Waals surface area contributed by atoms with Crippen molar-refractivity contribution in [2.75, 3.05) is 18.4 Å². The van der Waals surface area contributed by atoms with E-state index in [9.17, 15) is 0 Å². The summed E-state index contributed by atoms with van der Waals surface area (Å²) in [4.78, 5) is 13.4. The van der Waals surface area contributed by atoms with Crippen LogP contribution in [0.25, 0.3) is 11.3 Å². The molecule has 0 bridgehead atoms. The number of ether oxygens (including phenoxy) is 1. The Morgan fingerprint density at radius 1 is 1.16 bits per heavy atom. The summed E-state index contributed by atoms with van der Waals surface area (Å²) in [5, 5.41) is 15.6. The Morgan fingerprint density at radius 2 is 2.00 bits per heavy atom. The van der Waals surface area contributed by atoms with Crippen molar-refractivity contribution in [3.8, 4) is 11.7 Å². The second kappa shape index (κ2) is 8.91. The van der Waals surface area contributed by atoms with Gasteiger partial charge < -0.3 is 15.4 Å². The monoisotopic (exact) mass is 433 g/mol. The molecule has 0 spiro atoms. The lowest BCUT2D eigenvalue weighted by atomic mass is 10.1. The lowest BCUT2D eigenvalue weighted by Gasteiger charge is -2.23. The van der Waals surface area contributed by atoms with Gasteiger partial charge in [-0.3, -0.25) is 0 Å². The summed E-state index contributed by atoms with van der Waals surface area (Å²) >= 11 is 0. The number of fused-ring (bicyclic) bond motifs is 1. The van der Waals surface area contributed by atoms with Crippen LogP contribution in [0, 0.1) is 0 Å². The van der Waals surface area contributed by atoms with E-state index in [2.05, 4.69) is 50.7 Å². The Labute approximate surface area is 186 Å². The average molecular weight is 434 g/mol. The quantitative estimate of drug-likeness (QED) is 0.458. The van der Waals surface area contributed by atoms with Crippen LogP contribution >= 0.6 is 0 Å². The Balaban J connectivity index is 1.46. The van der Waals surface area contributed by atoms with Crippen molar-refractivity contribution >= 4 is 11.6 Å². The molecule has 0 unspecified atom stereocenters. The molecular formula is C22H27N9O. The van der Waals surface area contributed by atoms with Gasteiger partial charge in [-0.05, 0) is 43.5 Å². The van der Waals surface area contributed by atoms with Crippen LogP contribution in [-0.4, -0.2) is 53.5 Å². The molecule has 5 rings (SSSR count). The minimum absolute atomic E-state index is 0.116. The number of para-hydroxylation sites is 1. The van der Waals surface area contributed by atoms with Gasteiger partial charge in [0.15, 0.2) is 5.65 Å². The maximum absolute atomic E-state index is 6.18. The minimum atomic E-state index is 0.116. The third-order valence-electron chi connectivity index (χ3n) is 5.65. The van der Waals surface area contributed by atoms with Crippen LogP contribution in [0.5, 0.6) is 6.01 Å². The molecule has 0 aliphatic carbocycles. The lowest BCUT2D eigenvalue weighted by molar-refractivity contribution is 0.149. The summed E-state index contributed by atoms with van der Waals surface area (Å²) in [5.41, 5.74) is 3.85. The third kappa shape index (κ3) is 4.13. The van der Waals surface area contributed by atoms with Gasteiger partial charge in [0.1, 0.15) is 18.8 Å². The maximum Gasteiger partial charge on any atom is 0.322 e. The van der Waals surface area contributed by atoms with Gasteiger partial charge in [0.05, 0.1) is 11.9 Å². The van der Waals surface area contributed by atoms with Crippen LogP contribution in [0.15, 0.2) is 43.1 Å². The SMILES string of the molecule is CC(C)c1cnn2c(NCc3ccccc3-n3cncn3)nc(OC3CCNCC3)nc12. The fraction of sp³-hybridized carbons (Fsp3) is 0.409. The Morgan fingerprint density at radius 3 is 2.78 bits per heavy atom. The molecular weight excluding hydrogens is 406 g/mol. The van der Waals surface area contributed by atoms with Crippen molar-refractivity contribution in [3.63, 3.8) is 0 Å². The van der Waals surface area contributed by atoms with Crippen LogP contribution in [0.3, 0.4) is 0 Å². The number of benzene rings is 1. The van der Waals surface area contributed by atoms with Crippen molar-refractivity contribution in [3.05, 3.63) is 54.2 Å². The Hall–Kier alpha value is -3.53. The van der Waals surface area contributed by atoms with E-state index < -0.39 is 0 Å². The van der Waals surface area contributed by atoms with Gasteiger partial charge in [-0.15, -0.1) is 0 Å². The topological polar surface area (TPSA) is 107 Å². The molecule has 10 nitrogen and oxygen atoms in total. The summed E-state index contributed by atoms with van der Waals surface area (Å²) < 4.78 is 9.68. The minimum Gasteiger partial charge on any atom is -0.460 e. The van der Waals surface area contributed by atoms with Gasteiger partial charge in [-0.1, -0.05) is 32.0 Å². The number of piperidine rings is 1. The summed E-state index contributed by atoms with van der Waals surface area (Å²) in [6, 6.07) is 8.44. The van der Waals surface area contributed by atoms with Gasteiger partial charge in [-0.2, -0.15) is 24.7 Å². The zero-order chi connectivity index (χ0) is 21.9. The molecule has 4 heterocycles. The normalized spacial score (nSPS) is 14.8. The average Bonchev–Trinajstić information content (AvgIpc) is 3.49. The summed E-state index contributed by atoms with van der Waals surface area (Å²) in [5.74, 6) is 0.884. The first-order valence-corrected chi connectivity index (χ1v) is 11.0. The van der Waals surface area contributed by atoms with Crippen molar-refractivity contribution in [2.45, 2.75) is 45.3 Å². The maximum atomic E-state index is 6.18. The molecule has 1 aliphatic heterocycles. The van der Waals surface area contributed by atoms with Gasteiger partial charge >= 0.3 is 6.01 Å². The van der Waals surface area contributed by atoms with E-state index >= 15 is 0 Å². The molecule has 0 saturated carbocycles. The Kier molecular flexibility index (Phi) is 5.68. The highest BCUT2D eigenvalue weighted by molar-refractivity contribution is 5.53. The van der Waals surface area contributed by atoms with E-state index in [-0.39, 0.29) is 12.0 Å². The fourth-order valence-corrected chi connectivity index (χ4v) is 3.90. The molecule has 0 amide bonds. The van der Waals surface area contributed by atoms with Crippen LogP contribution in [0.2, 0.25) is 0 Å². The first-order chi connectivity index (χ1) is 15.7. The number of hydrogen-bond acceptors (Lipinski definition) is 8. The standard InChI is InChI=1S/C22H27N9O/c1-15(2)18-12-26-31-20(18)28-22(32-17-7-9-23-10-8-17)29-21(31)25-11-16-5-3-4-6-19(16)30-14-24-13-27-30/h3-6,12-15,17,23H,7-11H2,1-2H3,(H,25,28,29). The van der Waals surface area contributed by atoms with Crippen LogP contribution in [0.1, 0.15) is 43.7 Å². The first kappa shape index (κ1) is 20.4. The van der Waals surface area contributed by atoms with Gasteiger partial charge in [0.2, 0.25) is 5.95 Å². The first-order valence-electron chi connectivity index (χ1n) is 11.0. The van der Waals surface area contributed by atoms with Crippen molar-refractivity contribution in [1.29, 1.82) is 0 Å². The lowest BCUT2D eigenvalue weighted by Crippen LogP contribution is -2.34.